The van der Waals surface area contributed by atoms with Crippen molar-refractivity contribution in [3.63, 3.8) is 0 Å². The number of anilines is 1. The van der Waals surface area contributed by atoms with Crippen LogP contribution in [0, 0.1) is 6.92 Å². The number of nitrogens with zero attached hydrogens (tertiary/aromatic N) is 4. The van der Waals surface area contributed by atoms with E-state index in [2.05, 4.69) is 25.1 Å². The summed E-state index contributed by atoms with van der Waals surface area (Å²) in [5.41, 5.74) is -0.912. The Morgan fingerprint density at radius 2 is 1.83 bits per heavy atom. The van der Waals surface area contributed by atoms with E-state index in [0.717, 1.165) is 24.3 Å². The molecule has 1 aromatic carbocycles. The van der Waals surface area contributed by atoms with Crippen LogP contribution in [0.1, 0.15) is 11.4 Å². The second-order valence-electron chi connectivity index (χ2n) is 5.96. The molecule has 0 fully saturated rings. The van der Waals surface area contributed by atoms with E-state index < -0.39 is 21.8 Å². The zero-order valence-corrected chi connectivity index (χ0v) is 16.0. The van der Waals surface area contributed by atoms with Crippen LogP contribution < -0.4 is 10.0 Å². The lowest BCUT2D eigenvalue weighted by Gasteiger charge is -2.11. The first-order valence-corrected chi connectivity index (χ1v) is 9.90. The fraction of sp³-hybridized carbons (Fsp3) is 0.235. The second kappa shape index (κ2) is 8.17. The molecule has 2 aromatic heterocycles. The van der Waals surface area contributed by atoms with E-state index in [0.29, 0.717) is 17.5 Å². The molecule has 0 bridgehead atoms. The molecule has 0 aliphatic heterocycles. The molecule has 154 valence electrons. The van der Waals surface area contributed by atoms with Gasteiger partial charge in [0, 0.05) is 31.5 Å². The van der Waals surface area contributed by atoms with Gasteiger partial charge in [0.25, 0.3) is 0 Å². The summed E-state index contributed by atoms with van der Waals surface area (Å²) >= 11 is 0. The van der Waals surface area contributed by atoms with Gasteiger partial charge >= 0.3 is 6.18 Å². The second-order valence-corrected chi connectivity index (χ2v) is 7.72. The van der Waals surface area contributed by atoms with Crippen LogP contribution in [0.25, 0.3) is 5.82 Å². The Kier molecular flexibility index (Phi) is 5.84. The van der Waals surface area contributed by atoms with Gasteiger partial charge in [-0.05, 0) is 37.3 Å². The average molecular weight is 426 g/mol. The van der Waals surface area contributed by atoms with Gasteiger partial charge < -0.3 is 5.32 Å². The maximum Gasteiger partial charge on any atom is 0.416 e. The van der Waals surface area contributed by atoms with E-state index in [1.165, 1.54) is 0 Å². The highest BCUT2D eigenvalue weighted by Crippen LogP contribution is 2.29. The van der Waals surface area contributed by atoms with Crippen molar-refractivity contribution in [1.29, 1.82) is 0 Å². The average Bonchev–Trinajstić information content (AvgIpc) is 3.19. The number of benzene rings is 1. The topological polar surface area (TPSA) is 102 Å². The van der Waals surface area contributed by atoms with Gasteiger partial charge in [0.05, 0.1) is 10.5 Å². The first-order chi connectivity index (χ1) is 13.6. The van der Waals surface area contributed by atoms with E-state index in [1.807, 2.05) is 0 Å². The van der Waals surface area contributed by atoms with Crippen molar-refractivity contribution in [1.82, 2.24) is 24.5 Å². The van der Waals surface area contributed by atoms with E-state index in [-0.39, 0.29) is 18.0 Å². The normalized spacial score (nSPS) is 12.1. The quantitative estimate of drug-likeness (QED) is 0.563. The molecule has 12 heteroatoms. The van der Waals surface area contributed by atoms with Gasteiger partial charge in [-0.15, -0.1) is 0 Å². The molecule has 3 rings (SSSR count). The summed E-state index contributed by atoms with van der Waals surface area (Å²) in [7, 11) is -3.93. The number of halogens is 3. The van der Waals surface area contributed by atoms with Crippen LogP contribution in [0.2, 0.25) is 0 Å². The Bertz CT molecular complexity index is 1070. The fourth-order valence-electron chi connectivity index (χ4n) is 2.45. The van der Waals surface area contributed by atoms with E-state index in [9.17, 15) is 21.6 Å². The molecule has 0 aliphatic rings. The monoisotopic (exact) mass is 426 g/mol. The predicted octanol–water partition coefficient (Wildman–Crippen LogP) is 2.38. The highest BCUT2D eigenvalue weighted by molar-refractivity contribution is 7.89. The highest BCUT2D eigenvalue weighted by atomic mass is 32.2. The number of rotatable bonds is 7. The molecule has 29 heavy (non-hydrogen) atoms. The summed E-state index contributed by atoms with van der Waals surface area (Å²) in [6, 6.07) is 6.71. The van der Waals surface area contributed by atoms with Gasteiger partial charge in [-0.2, -0.15) is 18.3 Å². The van der Waals surface area contributed by atoms with Gasteiger partial charge in [-0.25, -0.2) is 27.8 Å². The van der Waals surface area contributed by atoms with Gasteiger partial charge in [0.1, 0.15) is 11.6 Å². The molecule has 0 unspecified atom stereocenters. The molecule has 2 heterocycles. The SMILES string of the molecule is Cc1nc(NCCNS(=O)(=O)c2ccc(C(F)(F)F)cc2)cc(-n2cccn2)n1. The third kappa shape index (κ3) is 5.29. The van der Waals surface area contributed by atoms with Crippen LogP contribution in [-0.4, -0.2) is 41.3 Å². The number of sulfonamides is 1. The van der Waals surface area contributed by atoms with Crippen molar-refractivity contribution >= 4 is 15.8 Å². The highest BCUT2D eigenvalue weighted by Gasteiger charge is 2.30. The summed E-state index contributed by atoms with van der Waals surface area (Å²) in [6.45, 7) is 1.92. The molecule has 3 aromatic rings. The van der Waals surface area contributed by atoms with Gasteiger partial charge in [-0.1, -0.05) is 0 Å². The minimum absolute atomic E-state index is 0.00348. The van der Waals surface area contributed by atoms with Crippen molar-refractivity contribution in [2.75, 3.05) is 18.4 Å². The lowest BCUT2D eigenvalue weighted by atomic mass is 10.2. The summed E-state index contributed by atoms with van der Waals surface area (Å²) in [4.78, 5) is 8.24. The Morgan fingerprint density at radius 1 is 1.10 bits per heavy atom. The van der Waals surface area contributed by atoms with Crippen molar-refractivity contribution in [3.8, 4) is 5.82 Å². The Labute approximate surface area is 164 Å². The van der Waals surface area contributed by atoms with E-state index in [4.69, 9.17) is 0 Å². The predicted molar refractivity (Wildman–Crippen MR) is 99.0 cm³/mol. The van der Waals surface area contributed by atoms with Crippen LogP contribution in [0.5, 0.6) is 0 Å². The van der Waals surface area contributed by atoms with Crippen molar-refractivity contribution in [3.05, 3.63) is 60.2 Å². The third-order valence-corrected chi connectivity index (χ3v) is 5.26. The molecular weight excluding hydrogens is 409 g/mol. The summed E-state index contributed by atoms with van der Waals surface area (Å²) in [5, 5.41) is 7.06. The molecule has 0 spiro atoms. The molecular formula is C17H17F3N6O2S. The lowest BCUT2D eigenvalue weighted by molar-refractivity contribution is -0.137. The Hall–Kier alpha value is -2.99. The smallest absolute Gasteiger partial charge is 0.369 e. The summed E-state index contributed by atoms with van der Waals surface area (Å²) < 4.78 is 66.1. The molecule has 0 atom stereocenters. The molecule has 0 radical (unpaired) electrons. The zero-order chi connectivity index (χ0) is 21.1. The van der Waals surface area contributed by atoms with Crippen LogP contribution in [0.15, 0.2) is 53.7 Å². The number of aryl methyl sites for hydroxylation is 1. The number of hydrogen-bond donors (Lipinski definition) is 2. The summed E-state index contributed by atoms with van der Waals surface area (Å²) in [5.74, 6) is 1.54. The largest absolute Gasteiger partial charge is 0.416 e. The first kappa shape index (κ1) is 20.7. The number of hydrogen-bond acceptors (Lipinski definition) is 6. The number of aromatic nitrogens is 4. The standard InChI is InChI=1S/C17H17F3N6O2S/c1-12-24-15(11-16(25-12)26-10-2-7-22-26)21-8-9-23-29(27,28)14-5-3-13(4-6-14)17(18,19)20/h2-7,10-11,23H,8-9H2,1H3,(H,21,24,25). The molecule has 8 nitrogen and oxygen atoms in total. The zero-order valence-electron chi connectivity index (χ0n) is 15.2. The number of nitrogens with one attached hydrogen (secondary N) is 2. The molecule has 0 aliphatic carbocycles. The molecule has 0 saturated heterocycles. The van der Waals surface area contributed by atoms with Gasteiger partial charge in [-0.3, -0.25) is 0 Å². The maximum absolute atomic E-state index is 12.6. The van der Waals surface area contributed by atoms with Crippen molar-refractivity contribution in [2.24, 2.45) is 0 Å². The van der Waals surface area contributed by atoms with Gasteiger partial charge in [0.2, 0.25) is 10.0 Å². The third-order valence-electron chi connectivity index (χ3n) is 3.78. The van der Waals surface area contributed by atoms with E-state index in [1.54, 1.807) is 36.1 Å². The molecule has 0 saturated carbocycles. The van der Waals surface area contributed by atoms with Crippen molar-refractivity contribution in [2.45, 2.75) is 18.0 Å². The maximum atomic E-state index is 12.6. The van der Waals surface area contributed by atoms with Crippen LogP contribution >= 0.6 is 0 Å². The fourth-order valence-corrected chi connectivity index (χ4v) is 3.48. The lowest BCUT2D eigenvalue weighted by Crippen LogP contribution is -2.29. The minimum Gasteiger partial charge on any atom is -0.369 e. The van der Waals surface area contributed by atoms with Crippen molar-refractivity contribution < 1.29 is 21.6 Å². The number of alkyl halides is 3. The molecule has 0 amide bonds. The Balaban J connectivity index is 1.59. The Morgan fingerprint density at radius 3 is 2.45 bits per heavy atom. The van der Waals surface area contributed by atoms with E-state index >= 15 is 0 Å². The van der Waals surface area contributed by atoms with Crippen LogP contribution in [0.3, 0.4) is 0 Å². The van der Waals surface area contributed by atoms with Crippen LogP contribution in [0.4, 0.5) is 19.0 Å². The van der Waals surface area contributed by atoms with Crippen LogP contribution in [-0.2, 0) is 16.2 Å². The summed E-state index contributed by atoms with van der Waals surface area (Å²) in [6.07, 6.45) is -1.19. The van der Waals surface area contributed by atoms with Gasteiger partial charge in [0.15, 0.2) is 5.82 Å². The first-order valence-electron chi connectivity index (χ1n) is 8.42. The molecule has 2 N–H and O–H groups in total. The minimum atomic E-state index is -4.52.